The van der Waals surface area contributed by atoms with Gasteiger partial charge in [-0.15, -0.1) is 12.4 Å². The number of halogens is 1. The minimum atomic E-state index is -0.0451. The van der Waals surface area contributed by atoms with E-state index in [0.717, 1.165) is 5.56 Å². The van der Waals surface area contributed by atoms with Crippen LogP contribution in [-0.4, -0.2) is 24.9 Å². The van der Waals surface area contributed by atoms with E-state index >= 15 is 0 Å². The Labute approximate surface area is 150 Å². The van der Waals surface area contributed by atoms with Crippen molar-refractivity contribution >= 4 is 29.9 Å². The number of benzene rings is 1. The van der Waals surface area contributed by atoms with E-state index in [9.17, 15) is 9.59 Å². The summed E-state index contributed by atoms with van der Waals surface area (Å²) in [6.45, 7) is 0.948. The van der Waals surface area contributed by atoms with E-state index in [2.05, 4.69) is 10.6 Å². The average molecular weight is 354 g/mol. The predicted molar refractivity (Wildman–Crippen MR) is 99.0 cm³/mol. The molecule has 0 spiro atoms. The molecule has 6 heteroatoms. The highest BCUT2D eigenvalue weighted by Gasteiger charge is 2.16. The first-order valence-corrected chi connectivity index (χ1v) is 8.51. The van der Waals surface area contributed by atoms with Crippen LogP contribution in [0, 0.1) is 5.92 Å². The summed E-state index contributed by atoms with van der Waals surface area (Å²) >= 11 is 0. The number of nitrogens with one attached hydrogen (secondary N) is 2. The average Bonchev–Trinajstić information content (AvgIpc) is 2.55. The van der Waals surface area contributed by atoms with Gasteiger partial charge in [-0.05, 0) is 36.5 Å². The number of carbonyl (C=O) groups excluding carboxylic acids is 2. The molecule has 24 heavy (non-hydrogen) atoms. The Morgan fingerprint density at radius 3 is 2.17 bits per heavy atom. The third kappa shape index (κ3) is 7.68. The van der Waals surface area contributed by atoms with E-state index in [-0.39, 0.29) is 24.2 Å². The van der Waals surface area contributed by atoms with Crippen LogP contribution in [0.1, 0.15) is 44.1 Å². The molecule has 0 atom stereocenters. The van der Waals surface area contributed by atoms with Gasteiger partial charge in [0.25, 0.3) is 0 Å². The van der Waals surface area contributed by atoms with Gasteiger partial charge < -0.3 is 16.4 Å². The number of hydrogen-bond acceptors (Lipinski definition) is 3. The standard InChI is InChI=1S/C18H27N3O2.ClH/c19-16-8-6-15(7-9-16)13-18(23)21-11-10-20-17(22)12-14-4-2-1-3-5-14;/h6-9,14H,1-5,10-13,19H2,(H,20,22)(H,21,23);1H. The smallest absolute Gasteiger partial charge is 0.224 e. The molecule has 0 radical (unpaired) electrons. The summed E-state index contributed by atoms with van der Waals surface area (Å²) in [6.07, 6.45) is 7.10. The van der Waals surface area contributed by atoms with Crippen LogP contribution >= 0.6 is 12.4 Å². The van der Waals surface area contributed by atoms with Crippen LogP contribution in [0.5, 0.6) is 0 Å². The summed E-state index contributed by atoms with van der Waals surface area (Å²) < 4.78 is 0. The summed E-state index contributed by atoms with van der Waals surface area (Å²) in [5.41, 5.74) is 7.23. The topological polar surface area (TPSA) is 84.2 Å². The molecule has 1 saturated carbocycles. The van der Waals surface area contributed by atoms with E-state index in [1.807, 2.05) is 12.1 Å². The van der Waals surface area contributed by atoms with Gasteiger partial charge in [-0.3, -0.25) is 9.59 Å². The molecular weight excluding hydrogens is 326 g/mol. The van der Waals surface area contributed by atoms with Crippen LogP contribution in [-0.2, 0) is 16.0 Å². The maximum atomic E-state index is 11.8. The third-order valence-corrected chi connectivity index (χ3v) is 4.31. The zero-order valence-electron chi connectivity index (χ0n) is 14.1. The molecule has 1 aromatic carbocycles. The van der Waals surface area contributed by atoms with E-state index in [4.69, 9.17) is 5.73 Å². The number of hydrogen-bond donors (Lipinski definition) is 3. The van der Waals surface area contributed by atoms with Crippen molar-refractivity contribution in [3.8, 4) is 0 Å². The number of nitrogens with two attached hydrogens (primary N) is 1. The van der Waals surface area contributed by atoms with Crippen LogP contribution in [0.4, 0.5) is 5.69 Å². The van der Waals surface area contributed by atoms with Crippen molar-refractivity contribution in [1.29, 1.82) is 0 Å². The fraction of sp³-hybridized carbons (Fsp3) is 0.556. The SMILES string of the molecule is Cl.Nc1ccc(CC(=O)NCCNC(=O)CC2CCCCC2)cc1. The van der Waals surface area contributed by atoms with Gasteiger partial charge in [-0.2, -0.15) is 0 Å². The molecule has 0 aliphatic heterocycles. The lowest BCUT2D eigenvalue weighted by molar-refractivity contribution is -0.123. The second kappa shape index (κ2) is 10.9. The molecule has 4 N–H and O–H groups in total. The molecule has 1 aliphatic rings. The normalized spacial score (nSPS) is 14.5. The van der Waals surface area contributed by atoms with Gasteiger partial charge in [-0.25, -0.2) is 0 Å². The largest absolute Gasteiger partial charge is 0.399 e. The Morgan fingerprint density at radius 2 is 1.54 bits per heavy atom. The quantitative estimate of drug-likeness (QED) is 0.520. The molecule has 0 saturated heterocycles. The van der Waals surface area contributed by atoms with Crippen LogP contribution in [0.25, 0.3) is 0 Å². The van der Waals surface area contributed by atoms with Crippen LogP contribution < -0.4 is 16.4 Å². The zero-order valence-corrected chi connectivity index (χ0v) is 14.9. The molecule has 0 unspecified atom stereocenters. The number of nitrogen functional groups attached to an aromatic ring is 1. The molecule has 1 fully saturated rings. The van der Waals surface area contributed by atoms with Gasteiger partial charge in [0.1, 0.15) is 0 Å². The van der Waals surface area contributed by atoms with E-state index < -0.39 is 0 Å². The lowest BCUT2D eigenvalue weighted by Gasteiger charge is -2.20. The fourth-order valence-corrected chi connectivity index (χ4v) is 3.01. The fourth-order valence-electron chi connectivity index (χ4n) is 3.01. The first-order valence-electron chi connectivity index (χ1n) is 8.51. The Hall–Kier alpha value is -1.75. The number of anilines is 1. The molecule has 1 aliphatic carbocycles. The summed E-state index contributed by atoms with van der Waals surface area (Å²) in [5, 5.41) is 5.71. The molecule has 1 aromatic rings. The first kappa shape index (κ1) is 20.3. The molecule has 2 amide bonds. The van der Waals surface area contributed by atoms with Crippen LogP contribution in [0.2, 0.25) is 0 Å². The lowest BCUT2D eigenvalue weighted by atomic mass is 9.87. The summed E-state index contributed by atoms with van der Waals surface area (Å²) in [6, 6.07) is 7.27. The number of rotatable bonds is 7. The second-order valence-corrected chi connectivity index (χ2v) is 6.33. The highest BCUT2D eigenvalue weighted by molar-refractivity contribution is 5.85. The van der Waals surface area contributed by atoms with Crippen molar-refractivity contribution in [1.82, 2.24) is 10.6 Å². The Balaban J connectivity index is 0.00000288. The van der Waals surface area contributed by atoms with Crippen LogP contribution in [0.15, 0.2) is 24.3 Å². The summed E-state index contributed by atoms with van der Waals surface area (Å²) in [5.74, 6) is 0.602. The second-order valence-electron chi connectivity index (χ2n) is 6.33. The van der Waals surface area contributed by atoms with Crippen molar-refractivity contribution in [3.63, 3.8) is 0 Å². The molecule has 2 rings (SSSR count). The van der Waals surface area contributed by atoms with Crippen molar-refractivity contribution < 1.29 is 9.59 Å². The van der Waals surface area contributed by atoms with Gasteiger partial charge in [0.2, 0.25) is 11.8 Å². The van der Waals surface area contributed by atoms with Gasteiger partial charge >= 0.3 is 0 Å². The van der Waals surface area contributed by atoms with Gasteiger partial charge in [0, 0.05) is 25.2 Å². The van der Waals surface area contributed by atoms with Crippen LogP contribution in [0.3, 0.4) is 0 Å². The lowest BCUT2D eigenvalue weighted by Crippen LogP contribution is -2.36. The van der Waals surface area contributed by atoms with E-state index in [0.29, 0.717) is 37.5 Å². The first-order chi connectivity index (χ1) is 11.1. The minimum Gasteiger partial charge on any atom is -0.399 e. The van der Waals surface area contributed by atoms with Crippen molar-refractivity contribution in [2.24, 2.45) is 5.92 Å². The van der Waals surface area contributed by atoms with E-state index in [1.54, 1.807) is 12.1 Å². The van der Waals surface area contributed by atoms with Gasteiger partial charge in [-0.1, -0.05) is 31.4 Å². The Morgan fingerprint density at radius 1 is 0.958 bits per heavy atom. The van der Waals surface area contributed by atoms with Gasteiger partial charge in [0.15, 0.2) is 0 Å². The number of amides is 2. The molecule has 0 bridgehead atoms. The zero-order chi connectivity index (χ0) is 16.5. The highest BCUT2D eigenvalue weighted by Crippen LogP contribution is 2.25. The minimum absolute atomic E-state index is 0. The molecular formula is C18H28ClN3O2. The molecule has 0 heterocycles. The maximum absolute atomic E-state index is 11.8. The summed E-state index contributed by atoms with van der Waals surface area (Å²) in [7, 11) is 0. The third-order valence-electron chi connectivity index (χ3n) is 4.31. The van der Waals surface area contributed by atoms with E-state index in [1.165, 1.54) is 32.1 Å². The molecule has 0 aromatic heterocycles. The molecule has 5 nitrogen and oxygen atoms in total. The van der Waals surface area contributed by atoms with Crippen molar-refractivity contribution in [2.45, 2.75) is 44.9 Å². The highest BCUT2D eigenvalue weighted by atomic mass is 35.5. The van der Waals surface area contributed by atoms with Gasteiger partial charge in [0.05, 0.1) is 6.42 Å². The predicted octanol–water partition coefficient (Wildman–Crippen LogP) is 2.44. The Bertz CT molecular complexity index is 514. The monoisotopic (exact) mass is 353 g/mol. The number of carbonyl (C=O) groups is 2. The van der Waals surface area contributed by atoms with Crippen molar-refractivity contribution in [3.05, 3.63) is 29.8 Å². The van der Waals surface area contributed by atoms with Crippen molar-refractivity contribution in [2.75, 3.05) is 18.8 Å². The Kier molecular flexibility index (Phi) is 9.23. The molecule has 134 valence electrons. The maximum Gasteiger partial charge on any atom is 0.224 e. The summed E-state index contributed by atoms with van der Waals surface area (Å²) in [4.78, 5) is 23.6.